The van der Waals surface area contributed by atoms with Crippen molar-refractivity contribution in [2.45, 2.75) is 40.8 Å². The molecule has 0 saturated heterocycles. The van der Waals surface area contributed by atoms with E-state index in [2.05, 4.69) is 80.5 Å². The number of halogens is 1. The maximum atomic E-state index is 4.75. The van der Waals surface area contributed by atoms with Gasteiger partial charge in [-0.05, 0) is 44.9 Å². The van der Waals surface area contributed by atoms with Gasteiger partial charge in [0.05, 0.1) is 18.8 Å². The number of nitrogens with zero attached hydrogens (tertiary/aromatic N) is 3. The van der Waals surface area contributed by atoms with Crippen LogP contribution in [-0.2, 0) is 13.1 Å². The fourth-order valence-electron chi connectivity index (χ4n) is 2.50. The third kappa shape index (κ3) is 6.42. The zero-order chi connectivity index (χ0) is 18.4. The Kier molecular flexibility index (Phi) is 9.35. The van der Waals surface area contributed by atoms with Crippen LogP contribution < -0.4 is 15.5 Å². The highest BCUT2D eigenvalue weighted by molar-refractivity contribution is 14.0. The van der Waals surface area contributed by atoms with E-state index in [1.165, 1.54) is 21.7 Å². The highest BCUT2D eigenvalue weighted by atomic mass is 127. The molecule has 2 N–H and O–H groups in total. The van der Waals surface area contributed by atoms with Crippen LogP contribution in [0.15, 0.2) is 23.2 Å². The number of hydrogen-bond acceptors (Lipinski definition) is 4. The van der Waals surface area contributed by atoms with Crippen LogP contribution in [0.1, 0.15) is 33.6 Å². The summed E-state index contributed by atoms with van der Waals surface area (Å²) in [4.78, 5) is 12.7. The van der Waals surface area contributed by atoms with E-state index in [9.17, 15) is 0 Å². The van der Waals surface area contributed by atoms with Gasteiger partial charge in [0.25, 0.3) is 0 Å². The molecule has 0 spiro atoms. The number of benzene rings is 1. The standard InChI is InChI=1S/C19H29N5S.HI/c1-7-20-19(22-12-18-23-14(3)15(4)25-18)21-11-16-9-8-13(2)10-17(16)24(5)6;/h8-10H,7,11-12H2,1-6H3,(H2,20,21,22);1H. The quantitative estimate of drug-likeness (QED) is 0.368. The van der Waals surface area contributed by atoms with Crippen LogP contribution >= 0.6 is 35.3 Å². The van der Waals surface area contributed by atoms with Gasteiger partial charge in [-0.25, -0.2) is 9.98 Å². The zero-order valence-electron chi connectivity index (χ0n) is 16.5. The van der Waals surface area contributed by atoms with Crippen molar-refractivity contribution in [1.29, 1.82) is 0 Å². The van der Waals surface area contributed by atoms with Gasteiger partial charge in [0, 0.05) is 31.2 Å². The van der Waals surface area contributed by atoms with Gasteiger partial charge in [-0.15, -0.1) is 35.3 Å². The molecule has 0 bridgehead atoms. The molecule has 0 unspecified atom stereocenters. The highest BCUT2D eigenvalue weighted by Gasteiger charge is 2.07. The van der Waals surface area contributed by atoms with E-state index < -0.39 is 0 Å². The lowest BCUT2D eigenvalue weighted by molar-refractivity contribution is 0.809. The van der Waals surface area contributed by atoms with Gasteiger partial charge in [-0.2, -0.15) is 0 Å². The van der Waals surface area contributed by atoms with Crippen LogP contribution in [0.25, 0.3) is 0 Å². The summed E-state index contributed by atoms with van der Waals surface area (Å²) in [5, 5.41) is 7.78. The monoisotopic (exact) mass is 487 g/mol. The van der Waals surface area contributed by atoms with Crippen molar-refractivity contribution in [2.24, 2.45) is 4.99 Å². The molecule has 144 valence electrons. The summed E-state index contributed by atoms with van der Waals surface area (Å²) in [7, 11) is 4.14. The lowest BCUT2D eigenvalue weighted by Gasteiger charge is -2.18. The van der Waals surface area contributed by atoms with Gasteiger partial charge in [0.1, 0.15) is 5.01 Å². The first-order chi connectivity index (χ1) is 11.9. The Balaban J connectivity index is 0.00000338. The number of aryl methyl sites for hydroxylation is 3. The van der Waals surface area contributed by atoms with E-state index in [4.69, 9.17) is 4.99 Å². The molecule has 5 nitrogen and oxygen atoms in total. The fraction of sp³-hybridized carbons (Fsp3) is 0.474. The summed E-state index contributed by atoms with van der Waals surface area (Å²) in [5.41, 5.74) is 4.80. The first-order valence-electron chi connectivity index (χ1n) is 8.62. The summed E-state index contributed by atoms with van der Waals surface area (Å²) in [6.07, 6.45) is 0. The third-order valence-corrected chi connectivity index (χ3v) is 5.03. The van der Waals surface area contributed by atoms with Crippen LogP contribution in [0.2, 0.25) is 0 Å². The Labute approximate surface area is 178 Å². The largest absolute Gasteiger partial charge is 0.377 e. The Morgan fingerprint density at radius 1 is 1.19 bits per heavy atom. The van der Waals surface area contributed by atoms with E-state index >= 15 is 0 Å². The second-order valence-corrected chi connectivity index (χ2v) is 7.61. The second kappa shape index (κ2) is 10.7. The molecule has 0 aliphatic carbocycles. The highest BCUT2D eigenvalue weighted by Crippen LogP contribution is 2.21. The van der Waals surface area contributed by atoms with Crippen LogP contribution in [0.4, 0.5) is 5.69 Å². The van der Waals surface area contributed by atoms with Gasteiger partial charge >= 0.3 is 0 Å². The Hall–Kier alpha value is -1.35. The van der Waals surface area contributed by atoms with Gasteiger partial charge in [-0.3, -0.25) is 0 Å². The Morgan fingerprint density at radius 3 is 2.50 bits per heavy atom. The van der Waals surface area contributed by atoms with Crippen molar-refractivity contribution in [3.05, 3.63) is 44.9 Å². The van der Waals surface area contributed by atoms with Gasteiger partial charge < -0.3 is 15.5 Å². The van der Waals surface area contributed by atoms with Crippen molar-refractivity contribution < 1.29 is 0 Å². The van der Waals surface area contributed by atoms with Crippen molar-refractivity contribution in [3.63, 3.8) is 0 Å². The predicted octanol–water partition coefficient (Wildman–Crippen LogP) is 4.01. The van der Waals surface area contributed by atoms with Crippen LogP contribution in [-0.4, -0.2) is 31.6 Å². The minimum Gasteiger partial charge on any atom is -0.377 e. The molecule has 0 radical (unpaired) electrons. The summed E-state index contributed by atoms with van der Waals surface area (Å²) in [6, 6.07) is 6.50. The molecule has 2 aromatic rings. The molecule has 1 heterocycles. The SMILES string of the molecule is CCNC(=NCc1ccc(C)cc1N(C)C)NCc1nc(C)c(C)s1.I. The average Bonchev–Trinajstić information content (AvgIpc) is 2.89. The number of anilines is 1. The van der Waals surface area contributed by atoms with E-state index in [-0.39, 0.29) is 24.0 Å². The van der Waals surface area contributed by atoms with Gasteiger partial charge in [0.2, 0.25) is 0 Å². The number of thiazole rings is 1. The summed E-state index contributed by atoms with van der Waals surface area (Å²) < 4.78 is 0. The Morgan fingerprint density at radius 2 is 1.92 bits per heavy atom. The van der Waals surface area contributed by atoms with E-state index in [0.29, 0.717) is 13.1 Å². The smallest absolute Gasteiger partial charge is 0.191 e. The molecule has 0 fully saturated rings. The molecule has 7 heteroatoms. The lowest BCUT2D eigenvalue weighted by Crippen LogP contribution is -2.36. The molecule has 2 rings (SSSR count). The second-order valence-electron chi connectivity index (χ2n) is 6.32. The number of hydrogen-bond donors (Lipinski definition) is 2. The normalized spacial score (nSPS) is 11.1. The molecule has 0 amide bonds. The van der Waals surface area contributed by atoms with E-state index in [0.717, 1.165) is 23.2 Å². The van der Waals surface area contributed by atoms with Crippen molar-refractivity contribution in [2.75, 3.05) is 25.5 Å². The van der Waals surface area contributed by atoms with Crippen LogP contribution in [0.5, 0.6) is 0 Å². The first kappa shape index (κ1) is 22.7. The van der Waals surface area contributed by atoms with Gasteiger partial charge in [-0.1, -0.05) is 12.1 Å². The number of nitrogens with one attached hydrogen (secondary N) is 2. The van der Waals surface area contributed by atoms with Crippen molar-refractivity contribution >= 4 is 47.0 Å². The summed E-state index contributed by atoms with van der Waals surface area (Å²) >= 11 is 1.73. The molecule has 1 aromatic carbocycles. The van der Waals surface area contributed by atoms with Crippen LogP contribution in [0.3, 0.4) is 0 Å². The maximum Gasteiger partial charge on any atom is 0.191 e. The van der Waals surface area contributed by atoms with Crippen molar-refractivity contribution in [3.8, 4) is 0 Å². The molecule has 0 aliphatic rings. The number of guanidine groups is 1. The minimum atomic E-state index is 0. The predicted molar refractivity (Wildman–Crippen MR) is 124 cm³/mol. The topological polar surface area (TPSA) is 52.6 Å². The molecule has 1 aromatic heterocycles. The molecule has 0 atom stereocenters. The molecule has 26 heavy (non-hydrogen) atoms. The van der Waals surface area contributed by atoms with Gasteiger partial charge in [0.15, 0.2) is 5.96 Å². The molecular formula is C19H30IN5S. The molecule has 0 aliphatic heterocycles. The molecule has 0 saturated carbocycles. The number of aliphatic imine (C=N–C) groups is 1. The number of aromatic nitrogens is 1. The van der Waals surface area contributed by atoms with E-state index in [1.54, 1.807) is 11.3 Å². The van der Waals surface area contributed by atoms with Crippen molar-refractivity contribution in [1.82, 2.24) is 15.6 Å². The van der Waals surface area contributed by atoms with Crippen LogP contribution in [0, 0.1) is 20.8 Å². The van der Waals surface area contributed by atoms with E-state index in [1.807, 2.05) is 0 Å². The lowest BCUT2D eigenvalue weighted by atomic mass is 10.1. The summed E-state index contributed by atoms with van der Waals surface area (Å²) in [5.74, 6) is 0.818. The average molecular weight is 487 g/mol. The third-order valence-electron chi connectivity index (χ3n) is 3.95. The zero-order valence-corrected chi connectivity index (χ0v) is 19.7. The minimum absolute atomic E-state index is 0. The number of rotatable bonds is 6. The molecular weight excluding hydrogens is 457 g/mol. The Bertz CT molecular complexity index is 720. The maximum absolute atomic E-state index is 4.75. The summed E-state index contributed by atoms with van der Waals surface area (Å²) in [6.45, 7) is 10.5. The first-order valence-corrected chi connectivity index (χ1v) is 9.44. The fourth-order valence-corrected chi connectivity index (χ4v) is 3.38.